The Morgan fingerprint density at radius 3 is 2.55 bits per heavy atom. The highest BCUT2D eigenvalue weighted by Crippen LogP contribution is 2.30. The van der Waals surface area contributed by atoms with E-state index in [0.29, 0.717) is 6.54 Å². The molecule has 4 aromatic rings. The number of carbonyl (C=O) groups excluding carboxylic acids is 1. The third-order valence-electron chi connectivity index (χ3n) is 5.55. The maximum Gasteiger partial charge on any atom is 0.253 e. The van der Waals surface area contributed by atoms with Gasteiger partial charge >= 0.3 is 0 Å². The molecule has 6 heteroatoms. The average molecular weight is 386 g/mol. The molecule has 0 bridgehead atoms. The number of rotatable bonds is 4. The maximum absolute atomic E-state index is 12.9. The molecule has 0 saturated carbocycles. The Morgan fingerprint density at radius 1 is 1.03 bits per heavy atom. The zero-order chi connectivity index (χ0) is 19.6. The first-order chi connectivity index (χ1) is 14.3. The van der Waals surface area contributed by atoms with Crippen molar-refractivity contribution in [1.82, 2.24) is 19.7 Å². The van der Waals surface area contributed by atoms with E-state index in [2.05, 4.69) is 10.1 Å². The highest BCUT2D eigenvalue weighted by atomic mass is 16.3. The van der Waals surface area contributed by atoms with Crippen LogP contribution >= 0.6 is 0 Å². The number of oxazole rings is 1. The van der Waals surface area contributed by atoms with Gasteiger partial charge in [0.05, 0.1) is 6.54 Å². The third kappa shape index (κ3) is 3.66. The molecule has 1 aliphatic rings. The molecule has 0 spiro atoms. The molecule has 1 amide bonds. The van der Waals surface area contributed by atoms with E-state index in [1.807, 2.05) is 70.4 Å². The molecular formula is C23H22N4O2. The van der Waals surface area contributed by atoms with E-state index in [0.717, 1.165) is 54.0 Å². The zero-order valence-electron chi connectivity index (χ0n) is 16.1. The summed E-state index contributed by atoms with van der Waals surface area (Å²) in [7, 11) is 0. The monoisotopic (exact) mass is 386 g/mol. The molecule has 29 heavy (non-hydrogen) atoms. The Bertz CT molecular complexity index is 1070. The molecule has 0 unspecified atom stereocenters. The summed E-state index contributed by atoms with van der Waals surface area (Å²) in [4.78, 5) is 19.4. The van der Waals surface area contributed by atoms with Crippen molar-refractivity contribution in [3.05, 3.63) is 84.0 Å². The molecule has 1 saturated heterocycles. The van der Waals surface area contributed by atoms with Crippen LogP contribution in [0.4, 0.5) is 0 Å². The fraction of sp³-hybridized carbons (Fsp3) is 0.261. The summed E-state index contributed by atoms with van der Waals surface area (Å²) >= 11 is 0. The normalized spacial score (nSPS) is 15.1. The topological polar surface area (TPSA) is 64.2 Å². The van der Waals surface area contributed by atoms with Crippen molar-refractivity contribution in [2.24, 2.45) is 0 Å². The number of fused-ring (bicyclic) bond motifs is 1. The van der Waals surface area contributed by atoms with Crippen LogP contribution in [0.5, 0.6) is 0 Å². The van der Waals surface area contributed by atoms with Gasteiger partial charge in [0.1, 0.15) is 5.52 Å². The van der Waals surface area contributed by atoms with E-state index in [-0.39, 0.29) is 11.8 Å². The quantitative estimate of drug-likeness (QED) is 0.530. The first-order valence-electron chi connectivity index (χ1n) is 9.97. The van der Waals surface area contributed by atoms with Crippen LogP contribution in [0.15, 0.2) is 71.4 Å². The number of benzene rings is 2. The molecule has 1 aliphatic heterocycles. The first kappa shape index (κ1) is 17.7. The van der Waals surface area contributed by atoms with E-state index in [1.54, 1.807) is 6.20 Å². The van der Waals surface area contributed by atoms with Gasteiger partial charge < -0.3 is 9.32 Å². The van der Waals surface area contributed by atoms with Gasteiger partial charge in [0, 0.05) is 37.0 Å². The minimum atomic E-state index is 0.0895. The Morgan fingerprint density at radius 2 is 1.83 bits per heavy atom. The Balaban J connectivity index is 1.21. The lowest BCUT2D eigenvalue weighted by Gasteiger charge is -2.30. The summed E-state index contributed by atoms with van der Waals surface area (Å²) < 4.78 is 7.79. The summed E-state index contributed by atoms with van der Waals surface area (Å²) in [6.45, 7) is 2.14. The summed E-state index contributed by atoms with van der Waals surface area (Å²) in [5, 5.41) is 4.22. The van der Waals surface area contributed by atoms with Crippen LogP contribution in [-0.2, 0) is 6.54 Å². The van der Waals surface area contributed by atoms with Gasteiger partial charge in [0.15, 0.2) is 11.5 Å². The lowest BCUT2D eigenvalue weighted by Crippen LogP contribution is -2.38. The van der Waals surface area contributed by atoms with Crippen LogP contribution in [-0.4, -0.2) is 38.7 Å². The van der Waals surface area contributed by atoms with Gasteiger partial charge in [-0.3, -0.25) is 9.48 Å². The highest BCUT2D eigenvalue weighted by molar-refractivity contribution is 5.94. The molecule has 0 radical (unpaired) electrons. The van der Waals surface area contributed by atoms with Gasteiger partial charge in [-0.05, 0) is 48.7 Å². The summed E-state index contributed by atoms with van der Waals surface area (Å²) in [5.74, 6) is 1.15. The SMILES string of the molecule is O=C(c1ccc(Cn2cccn2)cc1)N1CCC(c2nc3ccccc3o2)CC1. The van der Waals surface area contributed by atoms with Crippen molar-refractivity contribution >= 4 is 17.0 Å². The maximum atomic E-state index is 12.9. The van der Waals surface area contributed by atoms with Crippen LogP contribution in [0.25, 0.3) is 11.1 Å². The summed E-state index contributed by atoms with van der Waals surface area (Å²) in [5.41, 5.74) is 3.59. The van der Waals surface area contributed by atoms with Gasteiger partial charge in [-0.1, -0.05) is 24.3 Å². The third-order valence-corrected chi connectivity index (χ3v) is 5.55. The minimum Gasteiger partial charge on any atom is -0.440 e. The van der Waals surface area contributed by atoms with Gasteiger partial charge in [0.2, 0.25) is 0 Å². The Kier molecular flexibility index (Phi) is 4.60. The number of hydrogen-bond donors (Lipinski definition) is 0. The van der Waals surface area contributed by atoms with Crippen LogP contribution in [0.2, 0.25) is 0 Å². The number of para-hydroxylation sites is 2. The molecule has 5 rings (SSSR count). The van der Waals surface area contributed by atoms with Crippen LogP contribution in [0.1, 0.15) is 40.6 Å². The summed E-state index contributed by atoms with van der Waals surface area (Å²) in [6, 6.07) is 17.6. The predicted molar refractivity (Wildman–Crippen MR) is 110 cm³/mol. The van der Waals surface area contributed by atoms with Crippen molar-refractivity contribution in [2.75, 3.05) is 13.1 Å². The average Bonchev–Trinajstić information content (AvgIpc) is 3.43. The number of nitrogens with zero attached hydrogens (tertiary/aromatic N) is 4. The predicted octanol–water partition coefficient (Wildman–Crippen LogP) is 4.09. The number of piperidine rings is 1. The Hall–Kier alpha value is -3.41. The zero-order valence-corrected chi connectivity index (χ0v) is 16.1. The molecule has 0 atom stereocenters. The molecule has 1 fully saturated rings. The van der Waals surface area contributed by atoms with Crippen molar-refractivity contribution in [1.29, 1.82) is 0 Å². The number of amides is 1. The van der Waals surface area contributed by atoms with Crippen LogP contribution in [0.3, 0.4) is 0 Å². The van der Waals surface area contributed by atoms with Crippen LogP contribution < -0.4 is 0 Å². The second kappa shape index (κ2) is 7.54. The van der Waals surface area contributed by atoms with Crippen molar-refractivity contribution < 1.29 is 9.21 Å². The molecule has 2 aromatic heterocycles. The molecule has 0 N–H and O–H groups in total. The van der Waals surface area contributed by atoms with Gasteiger partial charge in [-0.15, -0.1) is 0 Å². The molecule has 2 aromatic carbocycles. The number of likely N-dealkylation sites (tertiary alicyclic amines) is 1. The fourth-order valence-electron chi connectivity index (χ4n) is 3.91. The standard InChI is InChI=1S/C23H22N4O2/c28-23(19-8-6-17(7-9-19)16-27-13-3-12-24-27)26-14-10-18(11-15-26)22-25-20-4-1-2-5-21(20)29-22/h1-9,12-13,18H,10-11,14-16H2. The number of carbonyl (C=O) groups is 1. The molecule has 146 valence electrons. The van der Waals surface area contributed by atoms with E-state index in [9.17, 15) is 4.79 Å². The van der Waals surface area contributed by atoms with E-state index in [4.69, 9.17) is 4.42 Å². The minimum absolute atomic E-state index is 0.0895. The summed E-state index contributed by atoms with van der Waals surface area (Å²) in [6.07, 6.45) is 5.44. The lowest BCUT2D eigenvalue weighted by atomic mass is 9.96. The fourth-order valence-corrected chi connectivity index (χ4v) is 3.91. The van der Waals surface area contributed by atoms with Crippen molar-refractivity contribution in [3.8, 4) is 0 Å². The smallest absolute Gasteiger partial charge is 0.253 e. The van der Waals surface area contributed by atoms with E-state index in [1.165, 1.54) is 0 Å². The second-order valence-electron chi connectivity index (χ2n) is 7.49. The second-order valence-corrected chi connectivity index (χ2v) is 7.49. The van der Waals surface area contributed by atoms with Crippen molar-refractivity contribution in [3.63, 3.8) is 0 Å². The molecule has 6 nitrogen and oxygen atoms in total. The van der Waals surface area contributed by atoms with E-state index < -0.39 is 0 Å². The number of aromatic nitrogens is 3. The largest absolute Gasteiger partial charge is 0.440 e. The van der Waals surface area contributed by atoms with E-state index >= 15 is 0 Å². The first-order valence-corrected chi connectivity index (χ1v) is 9.97. The van der Waals surface area contributed by atoms with Gasteiger partial charge in [-0.25, -0.2) is 4.98 Å². The number of hydrogen-bond acceptors (Lipinski definition) is 4. The van der Waals surface area contributed by atoms with Gasteiger partial charge in [0.25, 0.3) is 5.91 Å². The van der Waals surface area contributed by atoms with Crippen molar-refractivity contribution in [2.45, 2.75) is 25.3 Å². The molecule has 3 heterocycles. The molecular weight excluding hydrogens is 364 g/mol. The Labute approximate surface area is 168 Å². The van der Waals surface area contributed by atoms with Crippen LogP contribution in [0, 0.1) is 0 Å². The van der Waals surface area contributed by atoms with Gasteiger partial charge in [-0.2, -0.15) is 5.10 Å². The molecule has 0 aliphatic carbocycles. The lowest BCUT2D eigenvalue weighted by molar-refractivity contribution is 0.0706. The highest BCUT2D eigenvalue weighted by Gasteiger charge is 2.27.